The summed E-state index contributed by atoms with van der Waals surface area (Å²) in [5.41, 5.74) is 11.1. The van der Waals surface area contributed by atoms with Crippen molar-refractivity contribution in [1.29, 1.82) is 0 Å². The summed E-state index contributed by atoms with van der Waals surface area (Å²) in [6.45, 7) is 4.55. The van der Waals surface area contributed by atoms with Crippen LogP contribution in [-0.2, 0) is 6.42 Å². The first-order valence-corrected chi connectivity index (χ1v) is 6.64. The van der Waals surface area contributed by atoms with Crippen molar-refractivity contribution in [1.82, 2.24) is 4.90 Å². The van der Waals surface area contributed by atoms with Gasteiger partial charge in [-0.2, -0.15) is 0 Å². The van der Waals surface area contributed by atoms with Crippen LogP contribution >= 0.6 is 0 Å². The minimum absolute atomic E-state index is 0.256. The summed E-state index contributed by atoms with van der Waals surface area (Å²) in [5.74, 6) is 0. The maximum Gasteiger partial charge on any atom is 0.0359 e. The lowest BCUT2D eigenvalue weighted by molar-refractivity contribution is 0.106. The molecule has 0 saturated carbocycles. The van der Waals surface area contributed by atoms with Crippen molar-refractivity contribution < 1.29 is 0 Å². The fraction of sp³-hybridized carbons (Fsp3) is 0.600. The van der Waals surface area contributed by atoms with Crippen LogP contribution in [0.4, 0.5) is 0 Å². The molecule has 1 spiro atoms. The van der Waals surface area contributed by atoms with E-state index in [1.54, 1.807) is 0 Å². The SMILES string of the molecule is Cc1ccc2c(c1)[C@@H](N)C1(CCN(C)CC1)C2. The molecule has 1 aliphatic carbocycles. The summed E-state index contributed by atoms with van der Waals surface area (Å²) in [7, 11) is 2.21. The molecule has 0 amide bonds. The van der Waals surface area contributed by atoms with Gasteiger partial charge >= 0.3 is 0 Å². The molecule has 92 valence electrons. The van der Waals surface area contributed by atoms with E-state index in [1.165, 1.54) is 49.0 Å². The molecule has 0 radical (unpaired) electrons. The van der Waals surface area contributed by atoms with Crippen molar-refractivity contribution in [2.24, 2.45) is 11.1 Å². The number of likely N-dealkylation sites (tertiary alicyclic amines) is 1. The minimum atomic E-state index is 0.256. The van der Waals surface area contributed by atoms with E-state index in [0.29, 0.717) is 5.41 Å². The zero-order valence-corrected chi connectivity index (χ0v) is 10.9. The number of benzene rings is 1. The number of rotatable bonds is 0. The predicted molar refractivity (Wildman–Crippen MR) is 71.0 cm³/mol. The third-order valence-electron chi connectivity index (χ3n) is 4.82. The van der Waals surface area contributed by atoms with E-state index in [-0.39, 0.29) is 6.04 Å². The van der Waals surface area contributed by atoms with E-state index in [0.717, 1.165) is 0 Å². The lowest BCUT2D eigenvalue weighted by Gasteiger charge is -2.41. The molecule has 0 bridgehead atoms. The van der Waals surface area contributed by atoms with E-state index in [4.69, 9.17) is 5.73 Å². The normalized spacial score (nSPS) is 27.4. The van der Waals surface area contributed by atoms with Gasteiger partial charge in [0.25, 0.3) is 0 Å². The van der Waals surface area contributed by atoms with Crippen LogP contribution in [0.3, 0.4) is 0 Å². The van der Waals surface area contributed by atoms with Crippen molar-refractivity contribution in [2.75, 3.05) is 20.1 Å². The van der Waals surface area contributed by atoms with Gasteiger partial charge in [0.2, 0.25) is 0 Å². The summed E-state index contributed by atoms with van der Waals surface area (Å²) < 4.78 is 0. The van der Waals surface area contributed by atoms with Crippen LogP contribution in [0.2, 0.25) is 0 Å². The molecule has 0 aromatic heterocycles. The molecule has 2 heteroatoms. The lowest BCUT2D eigenvalue weighted by Crippen LogP contribution is -2.42. The van der Waals surface area contributed by atoms with E-state index < -0.39 is 0 Å². The Kier molecular flexibility index (Phi) is 2.53. The highest BCUT2D eigenvalue weighted by Crippen LogP contribution is 2.50. The Hall–Kier alpha value is -0.860. The molecule has 2 nitrogen and oxygen atoms in total. The van der Waals surface area contributed by atoms with Gasteiger partial charge < -0.3 is 10.6 Å². The van der Waals surface area contributed by atoms with Crippen LogP contribution in [0.25, 0.3) is 0 Å². The zero-order chi connectivity index (χ0) is 12.0. The molecule has 1 aromatic rings. The predicted octanol–water partition coefficient (Wildman–Crippen LogP) is 2.26. The number of fused-ring (bicyclic) bond motifs is 1. The van der Waals surface area contributed by atoms with Crippen molar-refractivity contribution in [3.05, 3.63) is 34.9 Å². The number of hydrogen-bond donors (Lipinski definition) is 1. The van der Waals surface area contributed by atoms with Gasteiger partial charge in [0, 0.05) is 6.04 Å². The van der Waals surface area contributed by atoms with Crippen LogP contribution in [0.1, 0.15) is 35.6 Å². The second-order valence-corrected chi connectivity index (χ2v) is 6.02. The maximum absolute atomic E-state index is 6.55. The Bertz CT molecular complexity index is 431. The monoisotopic (exact) mass is 230 g/mol. The average Bonchev–Trinajstić information content (AvgIpc) is 2.58. The molecule has 1 aliphatic heterocycles. The molecule has 1 atom stereocenters. The smallest absolute Gasteiger partial charge is 0.0359 e. The average molecular weight is 230 g/mol. The van der Waals surface area contributed by atoms with Gasteiger partial charge in [-0.1, -0.05) is 23.8 Å². The molecule has 1 aromatic carbocycles. The minimum Gasteiger partial charge on any atom is -0.323 e. The Labute approximate surface area is 104 Å². The number of hydrogen-bond acceptors (Lipinski definition) is 2. The van der Waals surface area contributed by atoms with Gasteiger partial charge in [0.05, 0.1) is 0 Å². The first-order chi connectivity index (χ1) is 8.11. The number of piperidine rings is 1. The third-order valence-corrected chi connectivity index (χ3v) is 4.82. The summed E-state index contributed by atoms with van der Waals surface area (Å²) in [6.07, 6.45) is 3.69. The Morgan fingerprint density at radius 3 is 2.71 bits per heavy atom. The number of nitrogens with zero attached hydrogens (tertiary/aromatic N) is 1. The molecule has 1 saturated heterocycles. The van der Waals surface area contributed by atoms with Crippen LogP contribution in [0.5, 0.6) is 0 Å². The molecule has 17 heavy (non-hydrogen) atoms. The van der Waals surface area contributed by atoms with Gasteiger partial charge in [-0.25, -0.2) is 0 Å². The fourth-order valence-corrected chi connectivity index (χ4v) is 3.54. The standard InChI is InChI=1S/C15H22N2/c1-11-3-4-12-10-15(14(16)13(12)9-11)5-7-17(2)8-6-15/h3-4,9,14H,5-8,10,16H2,1-2H3/t14-/m1/s1. The second-order valence-electron chi connectivity index (χ2n) is 6.02. The maximum atomic E-state index is 6.55. The molecule has 1 heterocycles. The van der Waals surface area contributed by atoms with Crippen LogP contribution in [0, 0.1) is 12.3 Å². The van der Waals surface area contributed by atoms with E-state index in [1.807, 2.05) is 0 Å². The molecular formula is C15H22N2. The quantitative estimate of drug-likeness (QED) is 0.741. The van der Waals surface area contributed by atoms with Gasteiger partial charge in [0.15, 0.2) is 0 Å². The Morgan fingerprint density at radius 2 is 2.00 bits per heavy atom. The van der Waals surface area contributed by atoms with Crippen molar-refractivity contribution >= 4 is 0 Å². The summed E-state index contributed by atoms with van der Waals surface area (Å²) in [5, 5.41) is 0. The van der Waals surface area contributed by atoms with Crippen molar-refractivity contribution in [3.8, 4) is 0 Å². The summed E-state index contributed by atoms with van der Waals surface area (Å²) >= 11 is 0. The van der Waals surface area contributed by atoms with Gasteiger partial charge in [0.1, 0.15) is 0 Å². The highest BCUT2D eigenvalue weighted by Gasteiger charge is 2.45. The van der Waals surface area contributed by atoms with Crippen LogP contribution in [0.15, 0.2) is 18.2 Å². The van der Waals surface area contributed by atoms with Gasteiger partial charge in [-0.05, 0) is 62.9 Å². The van der Waals surface area contributed by atoms with Gasteiger partial charge in [-0.3, -0.25) is 0 Å². The molecule has 0 unspecified atom stereocenters. The molecular weight excluding hydrogens is 208 g/mol. The molecule has 2 N–H and O–H groups in total. The first kappa shape index (κ1) is 11.2. The topological polar surface area (TPSA) is 29.3 Å². The second kappa shape index (κ2) is 3.82. The largest absolute Gasteiger partial charge is 0.323 e. The number of aryl methyl sites for hydroxylation is 1. The summed E-state index contributed by atoms with van der Waals surface area (Å²) in [4.78, 5) is 2.42. The molecule has 2 aliphatic rings. The Balaban J connectivity index is 1.93. The first-order valence-electron chi connectivity index (χ1n) is 6.64. The zero-order valence-electron chi connectivity index (χ0n) is 10.9. The third kappa shape index (κ3) is 1.71. The molecule has 3 rings (SSSR count). The van der Waals surface area contributed by atoms with Gasteiger partial charge in [-0.15, -0.1) is 0 Å². The number of nitrogens with two attached hydrogens (primary N) is 1. The van der Waals surface area contributed by atoms with E-state index in [9.17, 15) is 0 Å². The lowest BCUT2D eigenvalue weighted by atomic mass is 9.73. The fourth-order valence-electron chi connectivity index (χ4n) is 3.54. The van der Waals surface area contributed by atoms with Crippen LogP contribution < -0.4 is 5.73 Å². The van der Waals surface area contributed by atoms with Crippen molar-refractivity contribution in [2.45, 2.75) is 32.2 Å². The van der Waals surface area contributed by atoms with Crippen LogP contribution in [-0.4, -0.2) is 25.0 Å². The van der Waals surface area contributed by atoms with Crippen molar-refractivity contribution in [3.63, 3.8) is 0 Å². The summed E-state index contributed by atoms with van der Waals surface area (Å²) in [6, 6.07) is 7.07. The highest BCUT2D eigenvalue weighted by molar-refractivity contribution is 5.40. The Morgan fingerprint density at radius 1 is 1.29 bits per heavy atom. The van der Waals surface area contributed by atoms with E-state index >= 15 is 0 Å². The highest BCUT2D eigenvalue weighted by atomic mass is 15.1. The molecule has 1 fully saturated rings. The van der Waals surface area contributed by atoms with E-state index in [2.05, 4.69) is 37.1 Å².